The van der Waals surface area contributed by atoms with Gasteiger partial charge in [-0.3, -0.25) is 0 Å². The Morgan fingerprint density at radius 2 is 1.62 bits per heavy atom. The summed E-state index contributed by atoms with van der Waals surface area (Å²) in [6.45, 7) is 18.5. The highest BCUT2D eigenvalue weighted by atomic mass is 79.9. The third kappa shape index (κ3) is 9.78. The second-order valence-corrected chi connectivity index (χ2v) is 15.0. The minimum absolute atomic E-state index is 0.0532. The SMILES string of the molecule is C=C(C)CC(C[C@H](OC(N)=O)C(CC(C)(C)C)c1ccc(Br)cc1)(N[S+]([O-])C(C)(C)C)c1ccccc1. The fraction of sp³-hybridized carbons (Fsp3) is 0.500. The molecule has 4 atom stereocenters. The molecule has 0 aliphatic heterocycles. The molecule has 7 heteroatoms. The standard InChI is InChI=1S/C30H43BrN2O3S/c1-21(2)18-30(23-12-10-9-11-13-23,33-37(35)29(6,7)8)20-26(36-27(32)34)25(19-28(3,4)5)22-14-16-24(31)17-15-22/h9-17,25-26,33H,1,18-20H2,2-8H3,(H2,32,34)/t25?,26-,30?,37?/m0/s1. The van der Waals surface area contributed by atoms with Gasteiger partial charge in [0.1, 0.15) is 10.9 Å². The lowest BCUT2D eigenvalue weighted by molar-refractivity contribution is 0.0532. The molecule has 37 heavy (non-hydrogen) atoms. The number of halogens is 1. The lowest BCUT2D eigenvalue weighted by Crippen LogP contribution is -2.54. The predicted molar refractivity (Wildman–Crippen MR) is 159 cm³/mol. The maximum absolute atomic E-state index is 13.6. The van der Waals surface area contributed by atoms with Crippen molar-refractivity contribution in [2.75, 3.05) is 0 Å². The van der Waals surface area contributed by atoms with Gasteiger partial charge in [0.2, 0.25) is 0 Å². The third-order valence-corrected chi connectivity index (χ3v) is 8.39. The van der Waals surface area contributed by atoms with Crippen LogP contribution >= 0.6 is 15.9 Å². The molecule has 0 saturated heterocycles. The maximum Gasteiger partial charge on any atom is 0.404 e. The summed E-state index contributed by atoms with van der Waals surface area (Å²) in [5.74, 6) is -0.140. The number of nitrogens with one attached hydrogen (secondary N) is 1. The van der Waals surface area contributed by atoms with E-state index >= 15 is 0 Å². The molecular weight excluding hydrogens is 548 g/mol. The zero-order valence-corrected chi connectivity index (χ0v) is 25.7. The summed E-state index contributed by atoms with van der Waals surface area (Å²) in [7, 11) is 0. The lowest BCUT2D eigenvalue weighted by atomic mass is 9.73. The first-order chi connectivity index (χ1) is 17.0. The van der Waals surface area contributed by atoms with Gasteiger partial charge in [-0.05, 0) is 69.2 Å². The van der Waals surface area contributed by atoms with Gasteiger partial charge in [-0.2, -0.15) is 0 Å². The lowest BCUT2D eigenvalue weighted by Gasteiger charge is -2.42. The number of carbonyl (C=O) groups excluding carboxylic acids is 1. The van der Waals surface area contributed by atoms with Crippen molar-refractivity contribution in [1.82, 2.24) is 4.72 Å². The number of benzene rings is 2. The van der Waals surface area contributed by atoms with Crippen molar-refractivity contribution in [2.45, 2.75) is 90.0 Å². The van der Waals surface area contributed by atoms with E-state index in [9.17, 15) is 9.35 Å². The number of ether oxygens (including phenoxy) is 1. The highest BCUT2D eigenvalue weighted by molar-refractivity contribution is 9.10. The first-order valence-corrected chi connectivity index (χ1v) is 14.6. The Kier molecular flexibility index (Phi) is 10.9. The van der Waals surface area contributed by atoms with Gasteiger partial charge in [0, 0.05) is 28.2 Å². The molecule has 0 spiro atoms. The van der Waals surface area contributed by atoms with Gasteiger partial charge in [-0.1, -0.05) is 84.7 Å². The van der Waals surface area contributed by atoms with Crippen LogP contribution in [-0.4, -0.2) is 21.5 Å². The zero-order valence-electron chi connectivity index (χ0n) is 23.3. The average Bonchev–Trinajstić information content (AvgIpc) is 2.76. The van der Waals surface area contributed by atoms with Crippen LogP contribution in [0.1, 0.15) is 84.8 Å². The van der Waals surface area contributed by atoms with Crippen molar-refractivity contribution in [2.24, 2.45) is 11.1 Å². The summed E-state index contributed by atoms with van der Waals surface area (Å²) in [6, 6.07) is 18.0. The summed E-state index contributed by atoms with van der Waals surface area (Å²) in [5, 5.41) is 0. The number of hydrogen-bond acceptors (Lipinski definition) is 4. The van der Waals surface area contributed by atoms with Crippen LogP contribution < -0.4 is 10.5 Å². The summed E-state index contributed by atoms with van der Waals surface area (Å²) in [5.41, 5.74) is 7.74. The van der Waals surface area contributed by atoms with E-state index in [1.807, 2.05) is 70.2 Å². The van der Waals surface area contributed by atoms with Crippen LogP contribution in [0.5, 0.6) is 0 Å². The van der Waals surface area contributed by atoms with Crippen molar-refractivity contribution in [3.8, 4) is 0 Å². The van der Waals surface area contributed by atoms with E-state index < -0.39 is 33.8 Å². The molecule has 0 aliphatic carbocycles. The molecule has 0 aliphatic rings. The van der Waals surface area contributed by atoms with Crippen molar-refractivity contribution >= 4 is 33.4 Å². The van der Waals surface area contributed by atoms with E-state index in [2.05, 4.69) is 60.1 Å². The molecule has 5 nitrogen and oxygen atoms in total. The van der Waals surface area contributed by atoms with E-state index in [0.717, 1.165) is 27.6 Å². The molecule has 2 aromatic carbocycles. The molecule has 3 N–H and O–H groups in total. The number of hydrogen-bond donors (Lipinski definition) is 2. The quantitative estimate of drug-likeness (QED) is 0.207. The van der Waals surface area contributed by atoms with E-state index in [1.54, 1.807) is 0 Å². The second-order valence-electron chi connectivity index (χ2n) is 12.2. The van der Waals surface area contributed by atoms with E-state index in [0.29, 0.717) is 12.8 Å². The van der Waals surface area contributed by atoms with Crippen LogP contribution in [0.3, 0.4) is 0 Å². The summed E-state index contributed by atoms with van der Waals surface area (Å²) in [4.78, 5) is 12.3. The fourth-order valence-electron chi connectivity index (χ4n) is 4.62. The van der Waals surface area contributed by atoms with Crippen LogP contribution in [0.2, 0.25) is 0 Å². The molecule has 0 radical (unpaired) electrons. The smallest absolute Gasteiger partial charge is 0.404 e. The molecule has 0 heterocycles. The maximum atomic E-state index is 13.6. The minimum atomic E-state index is -1.40. The van der Waals surface area contributed by atoms with Crippen molar-refractivity contribution in [3.63, 3.8) is 0 Å². The first-order valence-electron chi connectivity index (χ1n) is 12.6. The highest BCUT2D eigenvalue weighted by Gasteiger charge is 2.45. The minimum Gasteiger partial charge on any atom is -0.598 e. The monoisotopic (exact) mass is 590 g/mol. The highest BCUT2D eigenvalue weighted by Crippen LogP contribution is 2.43. The molecule has 2 aromatic rings. The first kappa shape index (κ1) is 31.4. The third-order valence-electron chi connectivity index (χ3n) is 6.17. The van der Waals surface area contributed by atoms with Gasteiger partial charge < -0.3 is 15.0 Å². The van der Waals surface area contributed by atoms with Crippen LogP contribution in [0.15, 0.2) is 71.2 Å². The Morgan fingerprint density at radius 1 is 1.05 bits per heavy atom. The molecule has 0 saturated carbocycles. The topological polar surface area (TPSA) is 87.4 Å². The van der Waals surface area contributed by atoms with Crippen LogP contribution in [0.25, 0.3) is 0 Å². The number of carbonyl (C=O) groups is 1. The molecule has 3 unspecified atom stereocenters. The van der Waals surface area contributed by atoms with Crippen molar-refractivity contribution in [1.29, 1.82) is 0 Å². The second kappa shape index (κ2) is 12.8. The normalized spacial score (nSPS) is 16.4. The van der Waals surface area contributed by atoms with Crippen LogP contribution in [0.4, 0.5) is 4.79 Å². The molecule has 204 valence electrons. The van der Waals surface area contributed by atoms with Gasteiger partial charge in [-0.15, -0.1) is 11.3 Å². The van der Waals surface area contributed by atoms with E-state index in [-0.39, 0.29) is 11.3 Å². The summed E-state index contributed by atoms with van der Waals surface area (Å²) >= 11 is 2.12. The van der Waals surface area contributed by atoms with Crippen molar-refractivity contribution in [3.05, 3.63) is 82.3 Å². The number of primary amides is 1. The Labute approximate surface area is 235 Å². The van der Waals surface area contributed by atoms with Gasteiger partial charge in [0.25, 0.3) is 0 Å². The van der Waals surface area contributed by atoms with Crippen molar-refractivity contribution < 1.29 is 14.1 Å². The number of nitrogens with two attached hydrogens (primary N) is 1. The van der Waals surface area contributed by atoms with Crippen LogP contribution in [-0.2, 0) is 21.6 Å². The predicted octanol–water partition coefficient (Wildman–Crippen LogP) is 7.74. The molecule has 0 bridgehead atoms. The Morgan fingerprint density at radius 3 is 2.08 bits per heavy atom. The van der Waals surface area contributed by atoms with Gasteiger partial charge in [-0.25, -0.2) is 4.79 Å². The van der Waals surface area contributed by atoms with Gasteiger partial charge in [0.15, 0.2) is 0 Å². The molecule has 2 rings (SSSR count). The number of rotatable bonds is 11. The van der Waals surface area contributed by atoms with Crippen LogP contribution in [0, 0.1) is 5.41 Å². The summed E-state index contributed by atoms with van der Waals surface area (Å²) in [6.07, 6.45) is 0.232. The Bertz CT molecular complexity index is 1030. The van der Waals surface area contributed by atoms with Gasteiger partial charge >= 0.3 is 6.09 Å². The van der Waals surface area contributed by atoms with E-state index in [1.165, 1.54) is 0 Å². The summed E-state index contributed by atoms with van der Waals surface area (Å²) < 4.78 is 23.4. The Balaban J connectivity index is 2.73. The molecule has 0 aromatic heterocycles. The van der Waals surface area contributed by atoms with E-state index in [4.69, 9.17) is 10.5 Å². The Hall–Kier alpha value is -1.80. The largest absolute Gasteiger partial charge is 0.598 e. The molecule has 0 fully saturated rings. The molecule has 1 amide bonds. The van der Waals surface area contributed by atoms with Gasteiger partial charge in [0.05, 0.1) is 5.54 Å². The molecular formula is C30H43BrN2O3S. The zero-order chi connectivity index (χ0) is 28.0. The average molecular weight is 592 g/mol. The number of amides is 1. The fourth-order valence-corrected chi connectivity index (χ4v) is 5.82.